The molecule has 0 bridgehead atoms. The molecule has 2 aromatic rings. The smallest absolute Gasteiger partial charge is 0.308 e. The molecule has 4 nitrogen and oxygen atoms in total. The van der Waals surface area contributed by atoms with Gasteiger partial charge < -0.3 is 10.1 Å². The second kappa shape index (κ2) is 7.58. The lowest BCUT2D eigenvalue weighted by atomic mass is 9.98. The number of hydrogen-bond acceptors (Lipinski definition) is 3. The molecule has 2 aromatic carbocycles. The highest BCUT2D eigenvalue weighted by Gasteiger charge is 2.14. The van der Waals surface area contributed by atoms with E-state index in [0.717, 1.165) is 6.42 Å². The van der Waals surface area contributed by atoms with E-state index in [0.29, 0.717) is 17.2 Å². The van der Waals surface area contributed by atoms with Gasteiger partial charge in [0.1, 0.15) is 5.75 Å². The van der Waals surface area contributed by atoms with Crippen LogP contribution in [0.2, 0.25) is 0 Å². The number of rotatable bonds is 5. The molecule has 0 spiro atoms. The summed E-state index contributed by atoms with van der Waals surface area (Å²) in [5.74, 6) is -0.0144. The lowest BCUT2D eigenvalue weighted by molar-refractivity contribution is -0.131. The number of esters is 1. The third-order valence-corrected chi connectivity index (χ3v) is 3.74. The van der Waals surface area contributed by atoms with Crippen molar-refractivity contribution in [1.29, 1.82) is 0 Å². The molecule has 1 atom stereocenters. The molecule has 0 fully saturated rings. The van der Waals surface area contributed by atoms with Crippen molar-refractivity contribution in [3.63, 3.8) is 0 Å². The minimum absolute atomic E-state index is 0.258. The molecule has 1 amide bonds. The number of hydrogen-bond donors (Lipinski definition) is 1. The van der Waals surface area contributed by atoms with Crippen molar-refractivity contribution in [2.45, 2.75) is 33.1 Å². The number of nitrogens with one attached hydrogen (secondary N) is 1. The van der Waals surface area contributed by atoms with E-state index in [1.54, 1.807) is 24.3 Å². The van der Waals surface area contributed by atoms with E-state index >= 15 is 0 Å². The van der Waals surface area contributed by atoms with Crippen LogP contribution in [0.3, 0.4) is 0 Å². The largest absolute Gasteiger partial charge is 0.426 e. The maximum Gasteiger partial charge on any atom is 0.308 e. The normalized spacial score (nSPS) is 11.6. The van der Waals surface area contributed by atoms with Crippen LogP contribution in [0.4, 0.5) is 5.69 Å². The van der Waals surface area contributed by atoms with Crippen molar-refractivity contribution >= 4 is 17.6 Å². The lowest BCUT2D eigenvalue weighted by Gasteiger charge is -2.12. The van der Waals surface area contributed by atoms with Gasteiger partial charge in [0.25, 0.3) is 5.91 Å². The fourth-order valence-electron chi connectivity index (χ4n) is 2.23. The number of carbonyl (C=O) groups is 2. The molecule has 1 N–H and O–H groups in total. The molecule has 0 aliphatic carbocycles. The molecule has 0 aliphatic heterocycles. The third-order valence-electron chi connectivity index (χ3n) is 3.74. The van der Waals surface area contributed by atoms with Crippen molar-refractivity contribution in [3.05, 3.63) is 59.7 Å². The van der Waals surface area contributed by atoms with Gasteiger partial charge in [0, 0.05) is 12.6 Å². The zero-order valence-electron chi connectivity index (χ0n) is 13.6. The van der Waals surface area contributed by atoms with Crippen LogP contribution >= 0.6 is 0 Å². The van der Waals surface area contributed by atoms with Gasteiger partial charge in [0.2, 0.25) is 0 Å². The molecule has 0 aromatic heterocycles. The summed E-state index contributed by atoms with van der Waals surface area (Å²) in [7, 11) is 0. The fraction of sp³-hybridized carbons (Fsp3) is 0.263. The number of ether oxygens (including phenoxy) is 1. The maximum atomic E-state index is 12.4. The number of para-hydroxylation sites is 1. The van der Waals surface area contributed by atoms with Crippen LogP contribution in [0.5, 0.6) is 5.75 Å². The molecule has 0 saturated heterocycles. The van der Waals surface area contributed by atoms with E-state index < -0.39 is 5.97 Å². The molecule has 0 radical (unpaired) electrons. The molecule has 23 heavy (non-hydrogen) atoms. The minimum atomic E-state index is -0.455. The van der Waals surface area contributed by atoms with E-state index in [9.17, 15) is 9.59 Å². The summed E-state index contributed by atoms with van der Waals surface area (Å²) in [5.41, 5.74) is 2.28. The lowest BCUT2D eigenvalue weighted by Crippen LogP contribution is -2.14. The van der Waals surface area contributed by atoms with Crippen LogP contribution < -0.4 is 10.1 Å². The molecule has 1 unspecified atom stereocenters. The van der Waals surface area contributed by atoms with E-state index in [2.05, 4.69) is 19.2 Å². The zero-order valence-corrected chi connectivity index (χ0v) is 13.6. The first-order valence-electron chi connectivity index (χ1n) is 7.70. The van der Waals surface area contributed by atoms with E-state index in [4.69, 9.17) is 4.74 Å². The Bertz CT molecular complexity index is 692. The van der Waals surface area contributed by atoms with Crippen molar-refractivity contribution < 1.29 is 14.3 Å². The molecule has 120 valence electrons. The molecule has 0 heterocycles. The third kappa shape index (κ3) is 4.42. The highest BCUT2D eigenvalue weighted by atomic mass is 16.5. The maximum absolute atomic E-state index is 12.4. The predicted octanol–water partition coefficient (Wildman–Crippen LogP) is 4.38. The van der Waals surface area contributed by atoms with Crippen molar-refractivity contribution in [2.24, 2.45) is 0 Å². The number of carbonyl (C=O) groups excluding carboxylic acids is 2. The Hall–Kier alpha value is -2.62. The van der Waals surface area contributed by atoms with Gasteiger partial charge in [-0.3, -0.25) is 9.59 Å². The fourth-order valence-corrected chi connectivity index (χ4v) is 2.23. The first-order chi connectivity index (χ1) is 11.0. The summed E-state index contributed by atoms with van der Waals surface area (Å²) < 4.78 is 5.07. The highest BCUT2D eigenvalue weighted by molar-refractivity contribution is 6.06. The summed E-state index contributed by atoms with van der Waals surface area (Å²) in [6.07, 6.45) is 1.07. The Morgan fingerprint density at radius 3 is 2.35 bits per heavy atom. The van der Waals surface area contributed by atoms with Crippen LogP contribution in [0.15, 0.2) is 48.5 Å². The standard InChI is InChI=1S/C19H21NO3/c1-4-13(2)15-9-11-16(12-10-15)20-19(22)17-7-5-6-8-18(17)23-14(3)21/h5-13H,4H2,1-3H3,(H,20,22). The predicted molar refractivity (Wildman–Crippen MR) is 90.9 cm³/mol. The van der Waals surface area contributed by atoms with Crippen molar-refractivity contribution in [2.75, 3.05) is 5.32 Å². The van der Waals surface area contributed by atoms with Crippen molar-refractivity contribution in [1.82, 2.24) is 0 Å². The van der Waals surface area contributed by atoms with Crippen LogP contribution in [-0.2, 0) is 4.79 Å². The number of amides is 1. The Morgan fingerprint density at radius 2 is 1.74 bits per heavy atom. The Labute approximate surface area is 136 Å². The molecular formula is C19H21NO3. The van der Waals surface area contributed by atoms with Gasteiger partial charge in [0.15, 0.2) is 0 Å². The second-order valence-corrected chi connectivity index (χ2v) is 5.48. The molecular weight excluding hydrogens is 290 g/mol. The van der Waals surface area contributed by atoms with Crippen LogP contribution in [-0.4, -0.2) is 11.9 Å². The summed E-state index contributed by atoms with van der Waals surface area (Å²) >= 11 is 0. The van der Waals surface area contributed by atoms with Crippen LogP contribution in [0, 0.1) is 0 Å². The monoisotopic (exact) mass is 311 g/mol. The Kier molecular flexibility index (Phi) is 5.52. The van der Waals surface area contributed by atoms with Crippen LogP contribution in [0.25, 0.3) is 0 Å². The van der Waals surface area contributed by atoms with Gasteiger partial charge in [-0.15, -0.1) is 0 Å². The summed E-state index contributed by atoms with van der Waals surface area (Å²) in [4.78, 5) is 23.5. The summed E-state index contributed by atoms with van der Waals surface area (Å²) in [6, 6.07) is 14.5. The van der Waals surface area contributed by atoms with Gasteiger partial charge in [-0.2, -0.15) is 0 Å². The van der Waals surface area contributed by atoms with E-state index in [-0.39, 0.29) is 11.7 Å². The van der Waals surface area contributed by atoms with Gasteiger partial charge in [-0.1, -0.05) is 38.1 Å². The van der Waals surface area contributed by atoms with Gasteiger partial charge in [-0.05, 0) is 42.2 Å². The molecule has 2 rings (SSSR count). The van der Waals surface area contributed by atoms with Crippen LogP contribution in [0.1, 0.15) is 49.0 Å². The number of anilines is 1. The van der Waals surface area contributed by atoms with Crippen molar-refractivity contribution in [3.8, 4) is 5.75 Å². The topological polar surface area (TPSA) is 55.4 Å². The highest BCUT2D eigenvalue weighted by Crippen LogP contribution is 2.22. The Morgan fingerprint density at radius 1 is 1.09 bits per heavy atom. The number of benzene rings is 2. The Balaban J connectivity index is 2.14. The van der Waals surface area contributed by atoms with E-state index in [1.165, 1.54) is 12.5 Å². The van der Waals surface area contributed by atoms with Gasteiger partial charge >= 0.3 is 5.97 Å². The zero-order chi connectivity index (χ0) is 16.8. The van der Waals surface area contributed by atoms with E-state index in [1.807, 2.05) is 24.3 Å². The average Bonchev–Trinajstić information content (AvgIpc) is 2.54. The molecule has 0 saturated carbocycles. The van der Waals surface area contributed by atoms with Gasteiger partial charge in [-0.25, -0.2) is 0 Å². The average molecular weight is 311 g/mol. The molecule has 4 heteroatoms. The minimum Gasteiger partial charge on any atom is -0.426 e. The SMILES string of the molecule is CCC(C)c1ccc(NC(=O)c2ccccc2OC(C)=O)cc1. The summed E-state index contributed by atoms with van der Waals surface area (Å²) in [5, 5.41) is 2.83. The van der Waals surface area contributed by atoms with Gasteiger partial charge in [0.05, 0.1) is 5.56 Å². The second-order valence-electron chi connectivity index (χ2n) is 5.48. The first kappa shape index (κ1) is 16.7. The summed E-state index contributed by atoms with van der Waals surface area (Å²) in [6.45, 7) is 5.62. The quantitative estimate of drug-likeness (QED) is 0.658. The first-order valence-corrected chi connectivity index (χ1v) is 7.70. The molecule has 0 aliphatic rings.